The van der Waals surface area contributed by atoms with Crippen LogP contribution in [0.5, 0.6) is 5.75 Å². The third-order valence-corrected chi connectivity index (χ3v) is 5.91. The van der Waals surface area contributed by atoms with Gasteiger partial charge in [-0.2, -0.15) is 0 Å². The number of nitrogens with two attached hydrogens (primary N) is 3. The number of carboxylic acids is 2. The molecule has 0 aliphatic heterocycles. The number of nitrogens with zero attached hydrogens (tertiary/aromatic N) is 1. The molecule has 0 aliphatic carbocycles. The topological polar surface area (TPSA) is 273 Å². The SMILES string of the molecule is CC(C)CC(NC(=O)C(CCC(=O)O)NC(=O)C(N)Cc1ccc(O)cc1)C(=O)NC(CCCN=C(N)N)C(=O)O. The van der Waals surface area contributed by atoms with Crippen LogP contribution >= 0.6 is 0 Å². The number of hydrogen-bond donors (Lipinski definition) is 9. The number of aromatic hydroxyl groups is 1. The number of carboxylic acid groups (broad SMARTS) is 2. The Balaban J connectivity index is 2.98. The molecule has 0 saturated carbocycles. The molecule has 0 aliphatic rings. The van der Waals surface area contributed by atoms with Gasteiger partial charge in [-0.15, -0.1) is 0 Å². The highest BCUT2D eigenvalue weighted by atomic mass is 16.4. The Morgan fingerprint density at radius 3 is 1.95 bits per heavy atom. The first-order valence-corrected chi connectivity index (χ1v) is 13.1. The van der Waals surface area contributed by atoms with E-state index in [2.05, 4.69) is 20.9 Å². The van der Waals surface area contributed by atoms with Gasteiger partial charge in [0, 0.05) is 13.0 Å². The normalized spacial score (nSPS) is 13.8. The van der Waals surface area contributed by atoms with E-state index in [-0.39, 0.29) is 56.3 Å². The summed E-state index contributed by atoms with van der Waals surface area (Å²) < 4.78 is 0. The van der Waals surface area contributed by atoms with Crippen molar-refractivity contribution >= 4 is 35.6 Å². The predicted octanol–water partition coefficient (Wildman–Crippen LogP) is -1.23. The fraction of sp³-hybridized carbons (Fsp3) is 0.538. The zero-order valence-electron chi connectivity index (χ0n) is 23.2. The van der Waals surface area contributed by atoms with Crippen molar-refractivity contribution in [2.45, 2.75) is 76.5 Å². The molecule has 0 fully saturated rings. The number of phenolic OH excluding ortho intramolecular Hbond substituents is 1. The molecule has 1 aromatic carbocycles. The molecule has 0 aromatic heterocycles. The highest BCUT2D eigenvalue weighted by Crippen LogP contribution is 2.12. The van der Waals surface area contributed by atoms with E-state index in [0.717, 1.165) is 0 Å². The summed E-state index contributed by atoms with van der Waals surface area (Å²) in [6.07, 6.45) is -0.225. The summed E-state index contributed by atoms with van der Waals surface area (Å²) in [5.41, 5.74) is 17.2. The molecular weight excluding hydrogens is 538 g/mol. The van der Waals surface area contributed by atoms with Gasteiger partial charge in [0.05, 0.1) is 6.04 Å². The molecule has 12 N–H and O–H groups in total. The van der Waals surface area contributed by atoms with Gasteiger partial charge in [0.25, 0.3) is 0 Å². The zero-order valence-corrected chi connectivity index (χ0v) is 23.2. The average molecular weight is 580 g/mol. The second kappa shape index (κ2) is 17.3. The molecule has 3 amide bonds. The molecule has 0 spiro atoms. The van der Waals surface area contributed by atoms with Crippen molar-refractivity contribution in [3.05, 3.63) is 29.8 Å². The molecular formula is C26H41N7O8. The van der Waals surface area contributed by atoms with Crippen LogP contribution in [0.1, 0.15) is 51.5 Å². The van der Waals surface area contributed by atoms with Gasteiger partial charge in [-0.1, -0.05) is 26.0 Å². The summed E-state index contributed by atoms with van der Waals surface area (Å²) in [4.78, 5) is 65.7. The fourth-order valence-electron chi connectivity index (χ4n) is 3.80. The van der Waals surface area contributed by atoms with Crippen LogP contribution in [-0.4, -0.2) is 81.7 Å². The first-order chi connectivity index (χ1) is 19.2. The molecule has 0 heterocycles. The van der Waals surface area contributed by atoms with Gasteiger partial charge in [-0.3, -0.25) is 24.2 Å². The van der Waals surface area contributed by atoms with Crippen molar-refractivity contribution in [1.82, 2.24) is 16.0 Å². The van der Waals surface area contributed by atoms with Gasteiger partial charge in [0.15, 0.2) is 5.96 Å². The molecule has 228 valence electrons. The largest absolute Gasteiger partial charge is 0.508 e. The Bertz CT molecular complexity index is 1070. The summed E-state index contributed by atoms with van der Waals surface area (Å²) in [6, 6.07) is 1.16. The van der Waals surface area contributed by atoms with Crippen LogP contribution in [0.2, 0.25) is 0 Å². The molecule has 4 atom stereocenters. The van der Waals surface area contributed by atoms with Gasteiger partial charge in [0.1, 0.15) is 23.9 Å². The van der Waals surface area contributed by atoms with E-state index >= 15 is 0 Å². The van der Waals surface area contributed by atoms with E-state index in [1.54, 1.807) is 26.0 Å². The fourth-order valence-corrected chi connectivity index (χ4v) is 3.80. The number of rotatable bonds is 18. The summed E-state index contributed by atoms with van der Waals surface area (Å²) in [5.74, 6) is -4.99. The Hall–Kier alpha value is -4.40. The van der Waals surface area contributed by atoms with E-state index in [9.17, 15) is 34.2 Å². The van der Waals surface area contributed by atoms with Crippen LogP contribution < -0.4 is 33.2 Å². The lowest BCUT2D eigenvalue weighted by molar-refractivity contribution is -0.142. The number of hydrogen-bond acceptors (Lipinski definition) is 8. The monoisotopic (exact) mass is 579 g/mol. The van der Waals surface area contributed by atoms with Crippen LogP contribution in [0.4, 0.5) is 0 Å². The number of benzene rings is 1. The smallest absolute Gasteiger partial charge is 0.326 e. The Morgan fingerprint density at radius 2 is 1.41 bits per heavy atom. The number of nitrogens with one attached hydrogen (secondary N) is 3. The maximum absolute atomic E-state index is 13.2. The zero-order chi connectivity index (χ0) is 31.1. The Labute approximate surface area is 237 Å². The number of carbonyl (C=O) groups excluding carboxylic acids is 3. The van der Waals surface area contributed by atoms with Crippen LogP contribution in [0, 0.1) is 5.92 Å². The number of carbonyl (C=O) groups is 5. The Morgan fingerprint density at radius 1 is 0.854 bits per heavy atom. The first kappa shape index (κ1) is 34.6. The summed E-state index contributed by atoms with van der Waals surface area (Å²) in [5, 5.41) is 35.5. The summed E-state index contributed by atoms with van der Waals surface area (Å²) >= 11 is 0. The number of aliphatic carboxylic acids is 2. The van der Waals surface area contributed by atoms with Crippen molar-refractivity contribution in [3.63, 3.8) is 0 Å². The highest BCUT2D eigenvalue weighted by molar-refractivity contribution is 5.94. The van der Waals surface area contributed by atoms with Crippen molar-refractivity contribution in [2.75, 3.05) is 6.54 Å². The number of aliphatic imine (C=N–C) groups is 1. The molecule has 15 heteroatoms. The minimum Gasteiger partial charge on any atom is -0.508 e. The highest BCUT2D eigenvalue weighted by Gasteiger charge is 2.31. The summed E-state index contributed by atoms with van der Waals surface area (Å²) in [7, 11) is 0. The van der Waals surface area contributed by atoms with E-state index in [4.69, 9.17) is 22.3 Å². The molecule has 41 heavy (non-hydrogen) atoms. The molecule has 0 bridgehead atoms. The van der Waals surface area contributed by atoms with Crippen LogP contribution in [0.25, 0.3) is 0 Å². The van der Waals surface area contributed by atoms with Crippen molar-refractivity contribution in [2.24, 2.45) is 28.1 Å². The lowest BCUT2D eigenvalue weighted by Gasteiger charge is -2.26. The van der Waals surface area contributed by atoms with Gasteiger partial charge in [-0.05, 0) is 55.7 Å². The number of guanidine groups is 1. The van der Waals surface area contributed by atoms with Crippen molar-refractivity contribution < 1.29 is 39.3 Å². The predicted molar refractivity (Wildman–Crippen MR) is 149 cm³/mol. The minimum atomic E-state index is -1.33. The maximum atomic E-state index is 13.2. The second-order valence-electron chi connectivity index (χ2n) is 10.0. The maximum Gasteiger partial charge on any atom is 0.326 e. The lowest BCUT2D eigenvalue weighted by Crippen LogP contribution is -2.57. The Kier molecular flexibility index (Phi) is 14.6. The lowest BCUT2D eigenvalue weighted by atomic mass is 10.0. The van der Waals surface area contributed by atoms with Gasteiger partial charge in [-0.25, -0.2) is 4.79 Å². The van der Waals surface area contributed by atoms with E-state index in [1.807, 2.05) is 0 Å². The summed E-state index contributed by atoms with van der Waals surface area (Å²) in [6.45, 7) is 3.75. The second-order valence-corrected chi connectivity index (χ2v) is 10.0. The van der Waals surface area contributed by atoms with Gasteiger partial charge >= 0.3 is 11.9 Å². The minimum absolute atomic E-state index is 0.0242. The number of amides is 3. The molecule has 1 rings (SSSR count). The van der Waals surface area contributed by atoms with E-state index < -0.39 is 60.2 Å². The molecule has 15 nitrogen and oxygen atoms in total. The van der Waals surface area contributed by atoms with Crippen molar-refractivity contribution in [3.8, 4) is 5.75 Å². The molecule has 0 saturated heterocycles. The van der Waals surface area contributed by atoms with E-state index in [1.165, 1.54) is 12.1 Å². The first-order valence-electron chi connectivity index (χ1n) is 13.1. The molecule has 0 radical (unpaired) electrons. The average Bonchev–Trinajstić information content (AvgIpc) is 2.88. The quantitative estimate of drug-likeness (QED) is 0.0564. The molecule has 4 unspecified atom stereocenters. The third-order valence-electron chi connectivity index (χ3n) is 5.91. The van der Waals surface area contributed by atoms with Crippen LogP contribution in [0.3, 0.4) is 0 Å². The third kappa shape index (κ3) is 14.0. The van der Waals surface area contributed by atoms with Crippen LogP contribution in [-0.2, 0) is 30.4 Å². The van der Waals surface area contributed by atoms with Crippen molar-refractivity contribution in [1.29, 1.82) is 0 Å². The standard InChI is InChI=1S/C26H41N7O8/c1-14(2)12-20(24(39)32-19(25(40)41)4-3-11-30-26(28)29)33-23(38)18(9-10-21(35)36)31-22(37)17(27)13-15-5-7-16(34)8-6-15/h5-8,14,17-20,34H,3-4,9-13,27H2,1-2H3,(H,31,37)(H,32,39)(H,33,38)(H,35,36)(H,40,41)(H4,28,29,30). The molecule has 1 aromatic rings. The van der Waals surface area contributed by atoms with Gasteiger partial charge in [0.2, 0.25) is 17.7 Å². The number of phenols is 1. The van der Waals surface area contributed by atoms with E-state index in [0.29, 0.717) is 5.56 Å². The van der Waals surface area contributed by atoms with Crippen LogP contribution in [0.15, 0.2) is 29.3 Å². The van der Waals surface area contributed by atoms with Gasteiger partial charge < -0.3 is 48.5 Å².